The average molecular weight is 244 g/mol. The molecule has 0 radical (unpaired) electrons. The molecule has 3 nitrogen and oxygen atoms in total. The average Bonchev–Trinajstić information content (AvgIpc) is 2.22. The van der Waals surface area contributed by atoms with E-state index in [4.69, 9.17) is 16.3 Å². The number of phenols is 1. The van der Waals surface area contributed by atoms with Crippen molar-refractivity contribution in [2.75, 3.05) is 14.2 Å². The van der Waals surface area contributed by atoms with Crippen molar-refractivity contribution < 1.29 is 9.84 Å². The summed E-state index contributed by atoms with van der Waals surface area (Å²) in [5.74, 6) is 0.416. The Bertz CT molecular complexity index is 366. The number of hydrogen-bond acceptors (Lipinski definition) is 3. The first-order valence-electron chi connectivity index (χ1n) is 5.21. The number of aromatic hydroxyl groups is 1. The maximum atomic E-state index is 9.59. The minimum atomic E-state index is 0.000108. The Morgan fingerprint density at radius 3 is 2.56 bits per heavy atom. The molecule has 0 saturated carbocycles. The molecule has 1 aromatic carbocycles. The predicted molar refractivity (Wildman–Crippen MR) is 66.3 cm³/mol. The number of benzene rings is 1. The number of halogens is 1. The molecule has 1 rings (SSSR count). The van der Waals surface area contributed by atoms with Crippen LogP contribution in [0.4, 0.5) is 0 Å². The molecule has 0 aromatic heterocycles. The van der Waals surface area contributed by atoms with Gasteiger partial charge in [-0.05, 0) is 38.6 Å². The Balaban J connectivity index is 2.94. The first kappa shape index (κ1) is 13.1. The zero-order valence-corrected chi connectivity index (χ0v) is 10.9. The van der Waals surface area contributed by atoms with Gasteiger partial charge in [0.15, 0.2) is 11.5 Å². The van der Waals surface area contributed by atoms with Gasteiger partial charge in [-0.15, -0.1) is 0 Å². The van der Waals surface area contributed by atoms with Crippen LogP contribution in [0.1, 0.15) is 19.4 Å². The van der Waals surface area contributed by atoms with E-state index in [-0.39, 0.29) is 5.75 Å². The van der Waals surface area contributed by atoms with Gasteiger partial charge in [0.1, 0.15) is 0 Å². The van der Waals surface area contributed by atoms with Gasteiger partial charge in [-0.1, -0.05) is 11.6 Å². The first-order chi connectivity index (χ1) is 7.45. The summed E-state index contributed by atoms with van der Waals surface area (Å²) in [6, 6.07) is 4.02. The van der Waals surface area contributed by atoms with Crippen molar-refractivity contribution in [1.82, 2.24) is 4.90 Å². The summed E-state index contributed by atoms with van der Waals surface area (Å²) in [6.07, 6.45) is 0. The van der Waals surface area contributed by atoms with Crippen molar-refractivity contribution in [2.24, 2.45) is 0 Å². The minimum Gasteiger partial charge on any atom is -0.503 e. The molecule has 0 unspecified atom stereocenters. The highest BCUT2D eigenvalue weighted by Gasteiger charge is 2.11. The highest BCUT2D eigenvalue weighted by molar-refractivity contribution is 6.32. The summed E-state index contributed by atoms with van der Waals surface area (Å²) in [4.78, 5) is 2.18. The number of rotatable bonds is 4. The largest absolute Gasteiger partial charge is 0.503 e. The molecule has 4 heteroatoms. The molecule has 1 aromatic rings. The van der Waals surface area contributed by atoms with Gasteiger partial charge in [-0.25, -0.2) is 0 Å². The van der Waals surface area contributed by atoms with Crippen LogP contribution >= 0.6 is 11.6 Å². The fraction of sp³-hybridized carbons (Fsp3) is 0.500. The Morgan fingerprint density at radius 2 is 2.06 bits per heavy atom. The number of phenolic OH excluding ortho intramolecular Hbond substituents is 1. The molecule has 1 N–H and O–H groups in total. The fourth-order valence-electron chi connectivity index (χ4n) is 1.34. The third kappa shape index (κ3) is 3.03. The van der Waals surface area contributed by atoms with Gasteiger partial charge in [0.25, 0.3) is 0 Å². The molecule has 0 aliphatic heterocycles. The third-order valence-corrected chi connectivity index (χ3v) is 2.91. The second kappa shape index (κ2) is 5.41. The van der Waals surface area contributed by atoms with Gasteiger partial charge in [0.05, 0.1) is 12.1 Å². The predicted octanol–water partition coefficient (Wildman–Crippen LogP) is 2.89. The topological polar surface area (TPSA) is 32.7 Å². The van der Waals surface area contributed by atoms with Gasteiger partial charge in [0, 0.05) is 12.6 Å². The lowest BCUT2D eigenvalue weighted by Crippen LogP contribution is -2.25. The number of nitrogens with zero attached hydrogens (tertiary/aromatic N) is 1. The monoisotopic (exact) mass is 243 g/mol. The van der Waals surface area contributed by atoms with Gasteiger partial charge >= 0.3 is 0 Å². The van der Waals surface area contributed by atoms with Crippen LogP contribution in [-0.2, 0) is 6.54 Å². The van der Waals surface area contributed by atoms with E-state index in [1.54, 1.807) is 12.1 Å². The van der Waals surface area contributed by atoms with Crippen LogP contribution in [0, 0.1) is 0 Å². The van der Waals surface area contributed by atoms with E-state index >= 15 is 0 Å². The lowest BCUT2D eigenvalue weighted by atomic mass is 10.1. The molecule has 0 heterocycles. The zero-order chi connectivity index (χ0) is 12.3. The highest BCUT2D eigenvalue weighted by atomic mass is 35.5. The maximum absolute atomic E-state index is 9.59. The lowest BCUT2D eigenvalue weighted by molar-refractivity contribution is 0.265. The van der Waals surface area contributed by atoms with Crippen LogP contribution < -0.4 is 4.74 Å². The van der Waals surface area contributed by atoms with Crippen molar-refractivity contribution in [3.8, 4) is 11.5 Å². The Labute approximate surface area is 102 Å². The summed E-state index contributed by atoms with van der Waals surface area (Å²) in [7, 11) is 3.55. The fourth-order valence-corrected chi connectivity index (χ4v) is 1.58. The van der Waals surface area contributed by atoms with E-state index in [1.165, 1.54) is 7.11 Å². The molecule has 0 amide bonds. The molecule has 0 bridgehead atoms. The molecule has 0 saturated heterocycles. The second-order valence-electron chi connectivity index (χ2n) is 4.14. The molecule has 0 fully saturated rings. The summed E-state index contributed by atoms with van der Waals surface area (Å²) < 4.78 is 5.06. The molecular weight excluding hydrogens is 226 g/mol. The standard InChI is InChI=1S/C12H18ClNO2/c1-8(2)14(3)7-9-5-10(13)12(15)11(6-9)16-4/h5-6,8,15H,7H2,1-4H3. The summed E-state index contributed by atoms with van der Waals surface area (Å²) in [6.45, 7) is 5.02. The Kier molecular flexibility index (Phi) is 4.44. The van der Waals surface area contributed by atoms with E-state index in [0.717, 1.165) is 12.1 Å². The lowest BCUT2D eigenvalue weighted by Gasteiger charge is -2.21. The van der Waals surface area contributed by atoms with Gasteiger partial charge < -0.3 is 9.84 Å². The van der Waals surface area contributed by atoms with Crippen LogP contribution in [-0.4, -0.2) is 30.2 Å². The Hall–Kier alpha value is -0.930. The molecular formula is C12H18ClNO2. The second-order valence-corrected chi connectivity index (χ2v) is 4.54. The summed E-state index contributed by atoms with van der Waals surface area (Å²) >= 11 is 5.91. The van der Waals surface area contributed by atoms with Crippen molar-refractivity contribution in [3.63, 3.8) is 0 Å². The maximum Gasteiger partial charge on any atom is 0.176 e. The molecule has 90 valence electrons. The third-order valence-electron chi connectivity index (χ3n) is 2.62. The van der Waals surface area contributed by atoms with Crippen LogP contribution in [0.15, 0.2) is 12.1 Å². The van der Waals surface area contributed by atoms with E-state index in [0.29, 0.717) is 16.8 Å². The van der Waals surface area contributed by atoms with Crippen molar-refractivity contribution in [2.45, 2.75) is 26.4 Å². The molecule has 0 aliphatic rings. The summed E-state index contributed by atoms with van der Waals surface area (Å²) in [5.41, 5.74) is 1.02. The minimum absolute atomic E-state index is 0.000108. The number of ether oxygens (including phenoxy) is 1. The Morgan fingerprint density at radius 1 is 1.44 bits per heavy atom. The first-order valence-corrected chi connectivity index (χ1v) is 5.59. The van der Waals surface area contributed by atoms with Crippen molar-refractivity contribution >= 4 is 11.6 Å². The molecule has 0 spiro atoms. The van der Waals surface area contributed by atoms with Gasteiger partial charge in [-0.3, -0.25) is 4.90 Å². The van der Waals surface area contributed by atoms with Crippen LogP contribution in [0.5, 0.6) is 11.5 Å². The molecule has 16 heavy (non-hydrogen) atoms. The van der Waals surface area contributed by atoms with E-state index in [2.05, 4.69) is 18.7 Å². The van der Waals surface area contributed by atoms with Crippen molar-refractivity contribution in [3.05, 3.63) is 22.7 Å². The van der Waals surface area contributed by atoms with Gasteiger partial charge in [-0.2, -0.15) is 0 Å². The zero-order valence-electron chi connectivity index (χ0n) is 10.1. The van der Waals surface area contributed by atoms with Crippen molar-refractivity contribution in [1.29, 1.82) is 0 Å². The SMILES string of the molecule is COc1cc(CN(C)C(C)C)cc(Cl)c1O. The molecule has 0 atom stereocenters. The number of hydrogen-bond donors (Lipinski definition) is 1. The number of methoxy groups -OCH3 is 1. The summed E-state index contributed by atoms with van der Waals surface area (Å²) in [5, 5.41) is 9.92. The van der Waals surface area contributed by atoms with Crippen LogP contribution in [0.3, 0.4) is 0 Å². The molecule has 0 aliphatic carbocycles. The smallest absolute Gasteiger partial charge is 0.176 e. The van der Waals surface area contributed by atoms with E-state index < -0.39 is 0 Å². The van der Waals surface area contributed by atoms with Gasteiger partial charge in [0.2, 0.25) is 0 Å². The van der Waals surface area contributed by atoms with Crippen LogP contribution in [0.2, 0.25) is 5.02 Å². The highest BCUT2D eigenvalue weighted by Crippen LogP contribution is 2.35. The van der Waals surface area contributed by atoms with E-state index in [9.17, 15) is 5.11 Å². The quantitative estimate of drug-likeness (QED) is 0.883. The van der Waals surface area contributed by atoms with Crippen LogP contribution in [0.25, 0.3) is 0 Å². The van der Waals surface area contributed by atoms with E-state index in [1.807, 2.05) is 7.05 Å². The normalized spacial score (nSPS) is 11.2.